The highest BCUT2D eigenvalue weighted by Gasteiger charge is 1.96. The molecular weight excluding hydrogens is 160 g/mol. The molecule has 0 aromatic carbocycles. The van der Waals surface area contributed by atoms with Crippen molar-refractivity contribution >= 4 is 12.2 Å². The van der Waals surface area contributed by atoms with Crippen LogP contribution in [0.3, 0.4) is 0 Å². The fourth-order valence-corrected chi connectivity index (χ4v) is 0.913. The molecule has 1 aromatic heterocycles. The summed E-state index contributed by atoms with van der Waals surface area (Å²) in [6.07, 6.45) is 0.903. The Morgan fingerprint density at radius 2 is 2.18 bits per heavy atom. The highest BCUT2D eigenvalue weighted by molar-refractivity contribution is 7.71. The van der Waals surface area contributed by atoms with Gasteiger partial charge in [0.05, 0.1) is 0 Å². The number of likely N-dealkylation sites (N-methyl/N-ethyl adjacent to an activating group) is 1. The van der Waals surface area contributed by atoms with E-state index >= 15 is 0 Å². The molecule has 0 bridgehead atoms. The average molecular weight is 172 g/mol. The quantitative estimate of drug-likeness (QED) is 0.655. The lowest BCUT2D eigenvalue weighted by molar-refractivity contribution is 0.410. The van der Waals surface area contributed by atoms with Crippen molar-refractivity contribution < 1.29 is 0 Å². The molecule has 5 heteroatoms. The van der Waals surface area contributed by atoms with E-state index in [-0.39, 0.29) is 0 Å². The maximum Gasteiger partial charge on any atom is 0.213 e. The second-order valence-corrected chi connectivity index (χ2v) is 3.05. The summed E-state index contributed by atoms with van der Waals surface area (Å²) in [5.41, 5.74) is 0. The zero-order valence-corrected chi connectivity index (χ0v) is 7.53. The van der Waals surface area contributed by atoms with Gasteiger partial charge in [0.25, 0.3) is 0 Å². The van der Waals surface area contributed by atoms with Crippen LogP contribution in [0.4, 0.5) is 0 Å². The summed E-state index contributed by atoms with van der Waals surface area (Å²) in [5, 5.41) is 5.65. The van der Waals surface area contributed by atoms with E-state index in [1.54, 1.807) is 0 Å². The van der Waals surface area contributed by atoms with Gasteiger partial charge in [-0.3, -0.25) is 10.2 Å². The van der Waals surface area contributed by atoms with Crippen molar-refractivity contribution in [1.29, 1.82) is 0 Å². The van der Waals surface area contributed by atoms with Gasteiger partial charge in [0.2, 0.25) is 4.77 Å². The molecule has 0 amide bonds. The van der Waals surface area contributed by atoms with Gasteiger partial charge in [0.1, 0.15) is 5.82 Å². The normalized spacial score (nSPS) is 10.8. The number of aromatic amines is 2. The zero-order valence-electron chi connectivity index (χ0n) is 6.72. The Morgan fingerprint density at radius 1 is 1.45 bits per heavy atom. The zero-order chi connectivity index (χ0) is 8.27. The van der Waals surface area contributed by atoms with Gasteiger partial charge in [0.15, 0.2) is 0 Å². The van der Waals surface area contributed by atoms with E-state index in [1.165, 1.54) is 0 Å². The summed E-state index contributed by atoms with van der Waals surface area (Å²) in [6.45, 7) is 0.982. The van der Waals surface area contributed by atoms with Crippen molar-refractivity contribution in [3.8, 4) is 0 Å². The molecule has 1 aromatic rings. The standard InChI is InChI=1S/C6H12N4S/c1-10(2)4-3-5-7-6(11)9-8-5/h3-4H2,1-2H3,(H2,7,8,9,11). The molecular formula is C6H12N4S. The number of aromatic nitrogens is 3. The maximum atomic E-state index is 4.80. The molecule has 1 rings (SSSR count). The summed E-state index contributed by atoms with van der Waals surface area (Å²) in [6, 6.07) is 0. The fourth-order valence-electron chi connectivity index (χ4n) is 0.752. The van der Waals surface area contributed by atoms with Crippen molar-refractivity contribution in [2.24, 2.45) is 0 Å². The third-order valence-corrected chi connectivity index (χ3v) is 1.54. The van der Waals surface area contributed by atoms with E-state index in [0.717, 1.165) is 18.8 Å². The van der Waals surface area contributed by atoms with Crippen LogP contribution in [0.25, 0.3) is 0 Å². The second kappa shape index (κ2) is 3.64. The monoisotopic (exact) mass is 172 g/mol. The van der Waals surface area contributed by atoms with Crippen LogP contribution in [0.2, 0.25) is 0 Å². The Morgan fingerprint density at radius 3 is 2.64 bits per heavy atom. The van der Waals surface area contributed by atoms with Crippen LogP contribution < -0.4 is 0 Å². The van der Waals surface area contributed by atoms with Gasteiger partial charge in [-0.1, -0.05) is 0 Å². The van der Waals surface area contributed by atoms with Crippen molar-refractivity contribution in [1.82, 2.24) is 20.1 Å². The van der Waals surface area contributed by atoms with Crippen LogP contribution in [0.15, 0.2) is 0 Å². The van der Waals surface area contributed by atoms with Crippen molar-refractivity contribution in [2.45, 2.75) is 6.42 Å². The number of nitrogens with one attached hydrogen (secondary N) is 2. The Kier molecular flexibility index (Phi) is 2.78. The number of rotatable bonds is 3. The van der Waals surface area contributed by atoms with Crippen LogP contribution >= 0.6 is 12.2 Å². The lowest BCUT2D eigenvalue weighted by atomic mass is 10.4. The fraction of sp³-hybridized carbons (Fsp3) is 0.667. The van der Waals surface area contributed by atoms with E-state index in [2.05, 4.69) is 20.1 Å². The molecule has 0 aliphatic carbocycles. The van der Waals surface area contributed by atoms with Gasteiger partial charge in [0, 0.05) is 13.0 Å². The van der Waals surface area contributed by atoms with Crippen LogP contribution in [0, 0.1) is 4.77 Å². The van der Waals surface area contributed by atoms with E-state index in [1.807, 2.05) is 14.1 Å². The minimum Gasteiger partial charge on any atom is -0.309 e. The smallest absolute Gasteiger partial charge is 0.213 e. The molecule has 11 heavy (non-hydrogen) atoms. The Hall–Kier alpha value is -0.680. The third-order valence-electron chi connectivity index (χ3n) is 1.35. The molecule has 0 unspecified atom stereocenters. The number of H-pyrrole nitrogens is 2. The third kappa shape index (κ3) is 2.81. The molecule has 0 fully saturated rings. The molecule has 0 radical (unpaired) electrons. The molecule has 0 spiro atoms. The van der Waals surface area contributed by atoms with E-state index in [9.17, 15) is 0 Å². The average Bonchev–Trinajstić information content (AvgIpc) is 2.31. The minimum absolute atomic E-state index is 0.527. The first-order valence-corrected chi connectivity index (χ1v) is 3.87. The molecule has 0 aliphatic rings. The Labute approximate surface area is 70.6 Å². The first-order valence-electron chi connectivity index (χ1n) is 3.47. The predicted octanol–water partition coefficient (Wildman–Crippen LogP) is 0.571. The molecule has 4 nitrogen and oxygen atoms in total. The summed E-state index contributed by atoms with van der Waals surface area (Å²) in [4.78, 5) is 6.16. The Balaban J connectivity index is 2.45. The van der Waals surface area contributed by atoms with Gasteiger partial charge >= 0.3 is 0 Å². The summed E-state index contributed by atoms with van der Waals surface area (Å²) >= 11 is 4.80. The maximum absolute atomic E-state index is 4.80. The molecule has 0 saturated heterocycles. The molecule has 2 N–H and O–H groups in total. The second-order valence-electron chi connectivity index (χ2n) is 2.67. The summed E-state index contributed by atoms with van der Waals surface area (Å²) in [7, 11) is 4.06. The van der Waals surface area contributed by atoms with Gasteiger partial charge in [-0.05, 0) is 26.3 Å². The van der Waals surface area contributed by atoms with Gasteiger partial charge in [-0.15, -0.1) is 0 Å². The van der Waals surface area contributed by atoms with Gasteiger partial charge in [-0.25, -0.2) is 4.98 Å². The van der Waals surface area contributed by atoms with E-state index in [4.69, 9.17) is 12.2 Å². The van der Waals surface area contributed by atoms with Crippen LogP contribution in [-0.4, -0.2) is 40.7 Å². The first kappa shape index (κ1) is 8.42. The number of hydrogen-bond acceptors (Lipinski definition) is 3. The molecule has 0 saturated carbocycles. The van der Waals surface area contributed by atoms with Gasteiger partial charge < -0.3 is 4.90 Å². The summed E-state index contributed by atoms with van der Waals surface area (Å²) in [5.74, 6) is 0.920. The van der Waals surface area contributed by atoms with E-state index in [0.29, 0.717) is 4.77 Å². The highest BCUT2D eigenvalue weighted by Crippen LogP contribution is 1.89. The lowest BCUT2D eigenvalue weighted by Gasteiger charge is -2.05. The molecule has 0 atom stereocenters. The van der Waals surface area contributed by atoms with Crippen LogP contribution in [0.5, 0.6) is 0 Å². The lowest BCUT2D eigenvalue weighted by Crippen LogP contribution is -2.15. The predicted molar refractivity (Wildman–Crippen MR) is 46.0 cm³/mol. The molecule has 1 heterocycles. The van der Waals surface area contributed by atoms with Crippen LogP contribution in [-0.2, 0) is 6.42 Å². The highest BCUT2D eigenvalue weighted by atomic mass is 32.1. The number of nitrogens with zero attached hydrogens (tertiary/aromatic N) is 2. The largest absolute Gasteiger partial charge is 0.309 e. The number of hydrogen-bond donors (Lipinski definition) is 2. The van der Waals surface area contributed by atoms with E-state index < -0.39 is 0 Å². The van der Waals surface area contributed by atoms with Crippen molar-refractivity contribution in [2.75, 3.05) is 20.6 Å². The summed E-state index contributed by atoms with van der Waals surface area (Å²) < 4.78 is 0.527. The van der Waals surface area contributed by atoms with Crippen molar-refractivity contribution in [3.63, 3.8) is 0 Å². The molecule has 0 aliphatic heterocycles. The SMILES string of the molecule is CN(C)CCc1nc(=S)[nH][nH]1. The van der Waals surface area contributed by atoms with Crippen LogP contribution in [0.1, 0.15) is 5.82 Å². The molecule has 62 valence electrons. The minimum atomic E-state index is 0.527. The van der Waals surface area contributed by atoms with Gasteiger partial charge in [-0.2, -0.15) is 0 Å². The Bertz CT molecular complexity index is 262. The van der Waals surface area contributed by atoms with Crippen molar-refractivity contribution in [3.05, 3.63) is 10.6 Å². The topological polar surface area (TPSA) is 47.7 Å². The first-order chi connectivity index (χ1) is 5.18.